The largest absolute Gasteiger partial charge is 0.361 e. The van der Waals surface area contributed by atoms with E-state index in [1.807, 2.05) is 0 Å². The summed E-state index contributed by atoms with van der Waals surface area (Å²) in [5.41, 5.74) is 10.2. The summed E-state index contributed by atoms with van der Waals surface area (Å²) in [6, 6.07) is 7.35. The van der Waals surface area contributed by atoms with Gasteiger partial charge in [-0.3, -0.25) is 0 Å². The first-order valence-electron chi connectivity index (χ1n) is 7.27. The van der Waals surface area contributed by atoms with E-state index in [9.17, 15) is 0 Å². The number of benzene rings is 1. The van der Waals surface area contributed by atoms with Crippen molar-refractivity contribution in [1.29, 1.82) is 0 Å². The number of likely N-dealkylation sites (N-methyl/N-ethyl adjacent to an activating group) is 1. The van der Waals surface area contributed by atoms with Crippen molar-refractivity contribution in [2.24, 2.45) is 11.7 Å². The summed E-state index contributed by atoms with van der Waals surface area (Å²) in [5, 5.41) is 1.48. The molecule has 0 saturated carbocycles. The van der Waals surface area contributed by atoms with Crippen molar-refractivity contribution < 1.29 is 0 Å². The van der Waals surface area contributed by atoms with Gasteiger partial charge in [-0.05, 0) is 49.5 Å². The Balaban J connectivity index is 1.86. The quantitative estimate of drug-likeness (QED) is 0.819. The second-order valence-corrected chi connectivity index (χ2v) is 6.24. The van der Waals surface area contributed by atoms with Crippen LogP contribution >= 0.6 is 0 Å². The van der Waals surface area contributed by atoms with Gasteiger partial charge in [0.2, 0.25) is 0 Å². The first-order valence-corrected chi connectivity index (χ1v) is 7.27. The van der Waals surface area contributed by atoms with Gasteiger partial charge in [0.05, 0.1) is 0 Å². The second kappa shape index (κ2) is 4.09. The summed E-state index contributed by atoms with van der Waals surface area (Å²) in [7, 11) is 2.26. The van der Waals surface area contributed by atoms with Crippen molar-refractivity contribution in [3.8, 4) is 0 Å². The molecule has 1 aromatic carbocycles. The van der Waals surface area contributed by atoms with E-state index in [0.717, 1.165) is 13.1 Å². The summed E-state index contributed by atoms with van der Waals surface area (Å²) < 4.78 is 0. The average molecular weight is 255 g/mol. The van der Waals surface area contributed by atoms with E-state index in [4.69, 9.17) is 5.73 Å². The number of piperidine rings is 1. The summed E-state index contributed by atoms with van der Waals surface area (Å²) in [6.07, 6.45) is 4.62. The molecule has 2 aromatic rings. The summed E-state index contributed by atoms with van der Waals surface area (Å²) >= 11 is 0. The Kier molecular flexibility index (Phi) is 2.47. The molecule has 3 atom stereocenters. The zero-order chi connectivity index (χ0) is 13.0. The molecule has 1 aliphatic carbocycles. The van der Waals surface area contributed by atoms with Crippen LogP contribution in [-0.2, 0) is 6.42 Å². The van der Waals surface area contributed by atoms with Crippen LogP contribution in [0.2, 0.25) is 0 Å². The lowest BCUT2D eigenvalue weighted by molar-refractivity contribution is 0.115. The number of hydrogen-bond acceptors (Lipinski definition) is 2. The Labute approximate surface area is 113 Å². The number of aromatic nitrogens is 1. The van der Waals surface area contributed by atoms with Crippen LogP contribution in [0.5, 0.6) is 0 Å². The minimum atomic E-state index is 0.641. The van der Waals surface area contributed by atoms with Crippen LogP contribution < -0.4 is 5.73 Å². The summed E-state index contributed by atoms with van der Waals surface area (Å²) in [4.78, 5) is 5.95. The molecule has 1 fully saturated rings. The Morgan fingerprint density at radius 1 is 1.42 bits per heavy atom. The molecule has 2 heterocycles. The van der Waals surface area contributed by atoms with E-state index in [-0.39, 0.29) is 0 Å². The Hall–Kier alpha value is -1.32. The standard InChI is InChI=1S/C16H21N3/c1-19-9-10(7-17)5-13-12-3-2-4-14-16(12)11(8-18-14)6-15(13)19/h2-4,8,10,13,15,18H,5-7,9,17H2,1H3/t10?,13?,15-/m1/s1. The monoisotopic (exact) mass is 255 g/mol. The fourth-order valence-corrected chi connectivity index (χ4v) is 4.22. The molecule has 3 heteroatoms. The molecule has 0 amide bonds. The zero-order valence-corrected chi connectivity index (χ0v) is 11.4. The minimum absolute atomic E-state index is 0.641. The molecule has 4 rings (SSSR count). The predicted octanol–water partition coefficient (Wildman–Crippen LogP) is 2.09. The van der Waals surface area contributed by atoms with Crippen LogP contribution in [0, 0.1) is 5.92 Å². The van der Waals surface area contributed by atoms with Crippen molar-refractivity contribution in [2.75, 3.05) is 20.1 Å². The van der Waals surface area contributed by atoms with E-state index >= 15 is 0 Å². The van der Waals surface area contributed by atoms with Gasteiger partial charge >= 0.3 is 0 Å². The maximum atomic E-state index is 5.93. The van der Waals surface area contributed by atoms with Crippen LogP contribution in [0.15, 0.2) is 24.4 Å². The summed E-state index contributed by atoms with van der Waals surface area (Å²) in [5.74, 6) is 1.29. The molecule has 1 aromatic heterocycles. The summed E-state index contributed by atoms with van der Waals surface area (Å²) in [6.45, 7) is 1.96. The molecule has 0 bridgehead atoms. The molecule has 1 aliphatic heterocycles. The number of aromatic amines is 1. The fourth-order valence-electron chi connectivity index (χ4n) is 4.22. The van der Waals surface area contributed by atoms with Gasteiger partial charge in [0.1, 0.15) is 0 Å². The molecule has 1 saturated heterocycles. The van der Waals surface area contributed by atoms with Crippen LogP contribution in [-0.4, -0.2) is 36.1 Å². The van der Waals surface area contributed by atoms with E-state index < -0.39 is 0 Å². The van der Waals surface area contributed by atoms with Crippen molar-refractivity contribution in [3.05, 3.63) is 35.5 Å². The number of fused-ring (bicyclic) bond motifs is 2. The number of nitrogens with two attached hydrogens (primary N) is 1. The van der Waals surface area contributed by atoms with Crippen LogP contribution in [0.25, 0.3) is 10.9 Å². The molecular weight excluding hydrogens is 234 g/mol. The van der Waals surface area contributed by atoms with Crippen LogP contribution in [0.3, 0.4) is 0 Å². The third kappa shape index (κ3) is 1.58. The highest BCUT2D eigenvalue weighted by Crippen LogP contribution is 2.43. The Bertz CT molecular complexity index is 615. The maximum Gasteiger partial charge on any atom is 0.0459 e. The molecule has 3 nitrogen and oxygen atoms in total. The topological polar surface area (TPSA) is 45.0 Å². The van der Waals surface area contributed by atoms with Crippen molar-refractivity contribution in [3.63, 3.8) is 0 Å². The zero-order valence-electron chi connectivity index (χ0n) is 11.4. The lowest BCUT2D eigenvalue weighted by Gasteiger charge is -2.45. The maximum absolute atomic E-state index is 5.93. The van der Waals surface area contributed by atoms with Gasteiger partial charge in [0.15, 0.2) is 0 Å². The fraction of sp³-hybridized carbons (Fsp3) is 0.500. The van der Waals surface area contributed by atoms with Gasteiger partial charge in [-0.2, -0.15) is 0 Å². The average Bonchev–Trinajstić information content (AvgIpc) is 2.85. The number of rotatable bonds is 1. The van der Waals surface area contributed by atoms with E-state index in [1.165, 1.54) is 34.9 Å². The number of nitrogens with one attached hydrogen (secondary N) is 1. The van der Waals surface area contributed by atoms with Crippen LogP contribution in [0.1, 0.15) is 23.5 Å². The lowest BCUT2D eigenvalue weighted by Crippen LogP contribution is -2.49. The number of hydrogen-bond donors (Lipinski definition) is 2. The van der Waals surface area contributed by atoms with Crippen molar-refractivity contribution in [1.82, 2.24) is 9.88 Å². The van der Waals surface area contributed by atoms with Gasteiger partial charge in [-0.25, -0.2) is 0 Å². The van der Waals surface area contributed by atoms with Crippen LogP contribution in [0.4, 0.5) is 0 Å². The highest BCUT2D eigenvalue weighted by molar-refractivity contribution is 5.88. The number of H-pyrrole nitrogens is 1. The molecule has 3 N–H and O–H groups in total. The van der Waals surface area contributed by atoms with Crippen molar-refractivity contribution in [2.45, 2.75) is 24.8 Å². The minimum Gasteiger partial charge on any atom is -0.361 e. The Morgan fingerprint density at radius 3 is 3.16 bits per heavy atom. The second-order valence-electron chi connectivity index (χ2n) is 6.24. The molecule has 19 heavy (non-hydrogen) atoms. The highest BCUT2D eigenvalue weighted by atomic mass is 15.1. The van der Waals surface area contributed by atoms with Gasteiger partial charge in [0, 0.05) is 35.6 Å². The third-order valence-electron chi connectivity index (χ3n) is 5.15. The molecular formula is C16H21N3. The smallest absolute Gasteiger partial charge is 0.0459 e. The first-order chi connectivity index (χ1) is 9.28. The van der Waals surface area contributed by atoms with Gasteiger partial charge in [-0.1, -0.05) is 12.1 Å². The molecule has 0 spiro atoms. The SMILES string of the molecule is CN1CC(CN)CC2c3cccc4[nH]cc(c34)C[C@H]21. The lowest BCUT2D eigenvalue weighted by atomic mass is 9.72. The van der Waals surface area contributed by atoms with Crippen molar-refractivity contribution >= 4 is 10.9 Å². The predicted molar refractivity (Wildman–Crippen MR) is 78.3 cm³/mol. The molecule has 2 aliphatic rings. The molecule has 2 unspecified atom stereocenters. The van der Waals surface area contributed by atoms with E-state index in [0.29, 0.717) is 17.9 Å². The third-order valence-corrected chi connectivity index (χ3v) is 5.15. The molecule has 100 valence electrons. The van der Waals surface area contributed by atoms with E-state index in [1.54, 1.807) is 0 Å². The normalized spacial score (nSPS) is 30.5. The molecule has 0 radical (unpaired) electrons. The van der Waals surface area contributed by atoms with E-state index in [2.05, 4.69) is 41.3 Å². The van der Waals surface area contributed by atoms with Gasteiger partial charge in [0.25, 0.3) is 0 Å². The number of likely N-dealkylation sites (tertiary alicyclic amines) is 1. The highest BCUT2D eigenvalue weighted by Gasteiger charge is 2.38. The van der Waals surface area contributed by atoms with Gasteiger partial charge < -0.3 is 15.6 Å². The number of nitrogens with zero attached hydrogens (tertiary/aromatic N) is 1. The van der Waals surface area contributed by atoms with Gasteiger partial charge in [-0.15, -0.1) is 0 Å². The first kappa shape index (κ1) is 11.5. The Morgan fingerprint density at radius 2 is 2.32 bits per heavy atom.